The van der Waals surface area contributed by atoms with Gasteiger partial charge in [0.25, 0.3) is 0 Å². The second-order valence-corrected chi connectivity index (χ2v) is 9.94. The molecular weight excluding hydrogens is 396 g/mol. The Morgan fingerprint density at radius 1 is 1.03 bits per heavy atom. The minimum Gasteiger partial charge on any atom is -0.470 e. The fourth-order valence-electron chi connectivity index (χ4n) is 3.84. The largest absolute Gasteiger partial charge is 0.470 e. The van der Waals surface area contributed by atoms with Crippen molar-refractivity contribution in [3.8, 4) is 0 Å². The Kier molecular flexibility index (Phi) is 7.67. The summed E-state index contributed by atoms with van der Waals surface area (Å²) in [5.74, 6) is 1.13. The molecule has 1 aliphatic rings. The zero-order valence-corrected chi connectivity index (χ0v) is 18.9. The van der Waals surface area contributed by atoms with Crippen LogP contribution in [-0.2, 0) is 14.8 Å². The quantitative estimate of drug-likeness (QED) is 0.497. The number of unbranched alkanes of at least 4 members (excludes halogenated alkanes) is 1. The molecule has 0 aromatic heterocycles. The fraction of sp³-hybridized carbons (Fsp3) is 0.458. The lowest BCUT2D eigenvalue weighted by Gasteiger charge is -2.20. The van der Waals surface area contributed by atoms with Gasteiger partial charge in [0.15, 0.2) is 5.90 Å². The van der Waals surface area contributed by atoms with Crippen LogP contribution in [0.1, 0.15) is 51.2 Å². The van der Waals surface area contributed by atoms with E-state index in [-0.39, 0.29) is 18.1 Å². The van der Waals surface area contributed by atoms with Gasteiger partial charge in [-0.1, -0.05) is 61.9 Å². The Morgan fingerprint density at radius 3 is 2.30 bits per heavy atom. The van der Waals surface area contributed by atoms with Crippen LogP contribution in [0.2, 0.25) is 0 Å². The molecule has 0 N–H and O–H groups in total. The van der Waals surface area contributed by atoms with Crippen LogP contribution in [0.5, 0.6) is 0 Å². The van der Waals surface area contributed by atoms with Gasteiger partial charge >= 0.3 is 0 Å². The van der Waals surface area contributed by atoms with Crippen molar-refractivity contribution < 1.29 is 13.2 Å². The molecule has 2 aromatic carbocycles. The van der Waals surface area contributed by atoms with Gasteiger partial charge in [-0.15, -0.1) is 0 Å². The molecule has 0 aliphatic carbocycles. The van der Waals surface area contributed by atoms with E-state index >= 15 is 0 Å². The Hall–Kier alpha value is -2.18. The van der Waals surface area contributed by atoms with Crippen molar-refractivity contribution in [2.45, 2.75) is 56.6 Å². The van der Waals surface area contributed by atoms with Crippen LogP contribution in [0.3, 0.4) is 0 Å². The Morgan fingerprint density at radius 2 is 1.67 bits per heavy atom. The predicted molar refractivity (Wildman–Crippen MR) is 121 cm³/mol. The molecule has 5 nitrogen and oxygen atoms in total. The SMILES string of the molecule is CC[C@H](CCCCN(C)S(=O)(=O)c1ccccc1)C1=N[C@@H](C)[C@@H](c2ccccc2)O1. The molecule has 0 spiro atoms. The van der Waals surface area contributed by atoms with Crippen molar-refractivity contribution in [1.29, 1.82) is 0 Å². The molecule has 0 saturated heterocycles. The van der Waals surface area contributed by atoms with E-state index in [1.807, 2.05) is 24.3 Å². The number of rotatable bonds is 10. The average molecular weight is 429 g/mol. The van der Waals surface area contributed by atoms with E-state index in [1.165, 1.54) is 4.31 Å². The lowest BCUT2D eigenvalue weighted by molar-refractivity contribution is 0.187. The monoisotopic (exact) mass is 428 g/mol. The van der Waals surface area contributed by atoms with Crippen LogP contribution in [0.25, 0.3) is 0 Å². The van der Waals surface area contributed by atoms with Gasteiger partial charge in [-0.2, -0.15) is 0 Å². The first-order valence-corrected chi connectivity index (χ1v) is 12.2. The van der Waals surface area contributed by atoms with Crippen molar-refractivity contribution in [3.63, 3.8) is 0 Å². The second-order valence-electron chi connectivity index (χ2n) is 7.90. The van der Waals surface area contributed by atoms with E-state index in [9.17, 15) is 8.42 Å². The molecule has 2 aromatic rings. The van der Waals surface area contributed by atoms with E-state index in [0.717, 1.165) is 37.1 Å². The molecule has 3 atom stereocenters. The molecule has 30 heavy (non-hydrogen) atoms. The number of sulfonamides is 1. The summed E-state index contributed by atoms with van der Waals surface area (Å²) in [6.45, 7) is 4.76. The minimum absolute atomic E-state index is 0.0163. The maximum Gasteiger partial charge on any atom is 0.242 e. The van der Waals surface area contributed by atoms with Crippen LogP contribution in [-0.4, -0.2) is 38.3 Å². The van der Waals surface area contributed by atoms with Crippen molar-refractivity contribution in [1.82, 2.24) is 4.31 Å². The molecule has 0 radical (unpaired) electrons. The average Bonchev–Trinajstić information content (AvgIpc) is 3.16. The van der Waals surface area contributed by atoms with Crippen LogP contribution in [0, 0.1) is 5.92 Å². The summed E-state index contributed by atoms with van der Waals surface area (Å²) >= 11 is 0. The van der Waals surface area contributed by atoms with E-state index in [2.05, 4.69) is 26.0 Å². The number of ether oxygens (including phenoxy) is 1. The molecule has 6 heteroatoms. The lowest BCUT2D eigenvalue weighted by Crippen LogP contribution is -2.28. The van der Waals surface area contributed by atoms with E-state index in [4.69, 9.17) is 9.73 Å². The maximum absolute atomic E-state index is 12.6. The molecule has 162 valence electrons. The van der Waals surface area contributed by atoms with Crippen molar-refractivity contribution >= 4 is 15.9 Å². The smallest absolute Gasteiger partial charge is 0.242 e. The summed E-state index contributed by atoms with van der Waals surface area (Å²) in [5, 5.41) is 0. The van der Waals surface area contributed by atoms with Gasteiger partial charge in [-0.25, -0.2) is 17.7 Å². The summed E-state index contributed by atoms with van der Waals surface area (Å²) in [4.78, 5) is 5.14. The molecule has 3 rings (SSSR count). The van der Waals surface area contributed by atoms with Gasteiger partial charge in [0.1, 0.15) is 6.10 Å². The normalized spacial score (nSPS) is 20.1. The van der Waals surface area contributed by atoms with Crippen LogP contribution in [0.15, 0.2) is 70.6 Å². The number of aliphatic imine (C=N–C) groups is 1. The molecule has 1 aliphatic heterocycles. The first-order valence-electron chi connectivity index (χ1n) is 10.7. The Bertz CT molecular complexity index is 929. The van der Waals surface area contributed by atoms with Gasteiger partial charge in [-0.3, -0.25) is 0 Å². The molecule has 0 bridgehead atoms. The zero-order valence-electron chi connectivity index (χ0n) is 18.1. The Labute approximate surface area is 180 Å². The first kappa shape index (κ1) is 22.5. The highest BCUT2D eigenvalue weighted by molar-refractivity contribution is 7.89. The number of benzene rings is 2. The molecule has 0 saturated carbocycles. The standard InChI is InChI=1S/C24H32N2O3S/c1-4-20(24-25-19(2)23(29-24)21-14-7-5-8-15-21)13-11-12-18-26(3)30(27,28)22-16-9-6-10-17-22/h5-10,14-17,19-20,23H,4,11-13,18H2,1-3H3/t19-,20+,23-/m0/s1. The zero-order chi connectivity index (χ0) is 21.6. The van der Waals surface area contributed by atoms with Gasteiger partial charge in [0.2, 0.25) is 10.0 Å². The third-order valence-electron chi connectivity index (χ3n) is 5.71. The van der Waals surface area contributed by atoms with Crippen LogP contribution in [0.4, 0.5) is 0 Å². The highest BCUT2D eigenvalue weighted by Crippen LogP contribution is 2.32. The topological polar surface area (TPSA) is 59.0 Å². The van der Waals surface area contributed by atoms with Crippen LogP contribution >= 0.6 is 0 Å². The highest BCUT2D eigenvalue weighted by Gasteiger charge is 2.32. The van der Waals surface area contributed by atoms with Gasteiger partial charge < -0.3 is 4.74 Å². The van der Waals surface area contributed by atoms with Crippen LogP contribution < -0.4 is 0 Å². The summed E-state index contributed by atoms with van der Waals surface area (Å²) in [5.41, 5.74) is 1.16. The number of hydrogen-bond acceptors (Lipinski definition) is 4. The summed E-state index contributed by atoms with van der Waals surface area (Å²) in [7, 11) is -1.77. The second kappa shape index (κ2) is 10.2. The molecule has 0 unspecified atom stereocenters. The minimum atomic E-state index is -3.42. The van der Waals surface area contributed by atoms with E-state index < -0.39 is 10.0 Å². The van der Waals surface area contributed by atoms with E-state index in [0.29, 0.717) is 11.4 Å². The summed E-state index contributed by atoms with van der Waals surface area (Å²) in [6, 6.07) is 18.9. The Balaban J connectivity index is 1.50. The summed E-state index contributed by atoms with van der Waals surface area (Å²) < 4.78 is 32.9. The van der Waals surface area contributed by atoms with Gasteiger partial charge in [0, 0.05) is 19.5 Å². The molecule has 0 amide bonds. The van der Waals surface area contributed by atoms with E-state index in [1.54, 1.807) is 31.3 Å². The molecule has 0 fully saturated rings. The maximum atomic E-state index is 12.6. The lowest BCUT2D eigenvalue weighted by atomic mass is 9.99. The molecular formula is C24H32N2O3S. The number of hydrogen-bond donors (Lipinski definition) is 0. The molecule has 1 heterocycles. The number of nitrogens with zero attached hydrogens (tertiary/aromatic N) is 2. The van der Waals surface area contributed by atoms with Gasteiger partial charge in [0.05, 0.1) is 10.9 Å². The van der Waals surface area contributed by atoms with Crippen molar-refractivity contribution in [2.75, 3.05) is 13.6 Å². The van der Waals surface area contributed by atoms with Gasteiger partial charge in [-0.05, 0) is 43.9 Å². The first-order chi connectivity index (χ1) is 14.4. The highest BCUT2D eigenvalue weighted by atomic mass is 32.2. The third kappa shape index (κ3) is 5.29. The summed E-state index contributed by atoms with van der Waals surface area (Å²) in [6.07, 6.45) is 3.63. The van der Waals surface area contributed by atoms with Crippen molar-refractivity contribution in [3.05, 3.63) is 66.2 Å². The third-order valence-corrected chi connectivity index (χ3v) is 7.58. The predicted octanol–water partition coefficient (Wildman–Crippen LogP) is 5.06. The fourth-order valence-corrected chi connectivity index (χ4v) is 5.07. The van der Waals surface area contributed by atoms with Crippen molar-refractivity contribution in [2.24, 2.45) is 10.9 Å².